The fraction of sp³-hybridized carbons (Fsp3) is 0.698. The molecule has 0 atom stereocenters. The van der Waals surface area contributed by atoms with Crippen LogP contribution in [0.15, 0.2) is 60.5 Å². The Balaban J connectivity index is -0.0000000922. The van der Waals surface area contributed by atoms with Crippen LogP contribution in [0, 0.1) is 47.0 Å². The number of rotatable bonds is 28. The SMILES string of the molecule is C=C[CH2-].C=C[CH2-].O=S(=O)(O)c1ccccc1.OO.[CH2-]C(C)(C)C.[CH2-]CCCCCCCCCCC.[CH2-]CCCCCCCCCCC.[CH2-]CCCCCCCCCCC.[O]=[Zr]. The van der Waals surface area contributed by atoms with E-state index in [4.69, 9.17) is 17.9 Å². The molecular formula is C53H104O6SZr-6. The van der Waals surface area contributed by atoms with Crippen molar-refractivity contribution in [2.24, 2.45) is 5.41 Å². The third-order valence-corrected chi connectivity index (χ3v) is 8.97. The van der Waals surface area contributed by atoms with Crippen LogP contribution in [0.25, 0.3) is 0 Å². The average molecular weight is 961 g/mol. The third-order valence-electron chi connectivity index (χ3n) is 8.10. The van der Waals surface area contributed by atoms with Gasteiger partial charge in [-0.3, -0.25) is 15.1 Å². The van der Waals surface area contributed by atoms with Gasteiger partial charge in [0.05, 0.1) is 4.90 Å². The van der Waals surface area contributed by atoms with Crippen LogP contribution in [0.3, 0.4) is 0 Å². The van der Waals surface area contributed by atoms with Gasteiger partial charge in [0.2, 0.25) is 0 Å². The molecule has 1 aromatic rings. The molecule has 0 amide bonds. The molecule has 0 aliphatic heterocycles. The molecule has 0 saturated carbocycles. The second kappa shape index (κ2) is 76.3. The van der Waals surface area contributed by atoms with E-state index in [0.29, 0.717) is 24.7 Å². The fourth-order valence-electron chi connectivity index (χ4n) is 5.05. The van der Waals surface area contributed by atoms with E-state index in [1.807, 2.05) is 0 Å². The molecule has 3 N–H and O–H groups in total. The first-order chi connectivity index (χ1) is 29.2. The minimum absolute atomic E-state index is 0.0741. The summed E-state index contributed by atoms with van der Waals surface area (Å²) in [5.41, 5.74) is 0.250. The molecule has 0 bridgehead atoms. The summed E-state index contributed by atoms with van der Waals surface area (Å²) in [6, 6.07) is 7.42. The van der Waals surface area contributed by atoms with Gasteiger partial charge in [-0.05, 0) is 12.1 Å². The molecule has 0 spiro atoms. The summed E-state index contributed by atoms with van der Waals surface area (Å²) in [5, 5.41) is 12.0. The van der Waals surface area contributed by atoms with Crippen LogP contribution in [0.1, 0.15) is 234 Å². The van der Waals surface area contributed by atoms with Crippen LogP contribution < -0.4 is 0 Å². The molecule has 1 aromatic carbocycles. The Morgan fingerprint density at radius 3 is 0.803 bits per heavy atom. The van der Waals surface area contributed by atoms with Crippen LogP contribution in [-0.2, 0) is 37.7 Å². The Morgan fingerprint density at radius 2 is 0.672 bits per heavy atom. The van der Waals surface area contributed by atoms with Crippen molar-refractivity contribution in [3.05, 3.63) is 97.2 Å². The van der Waals surface area contributed by atoms with Crippen molar-refractivity contribution in [1.82, 2.24) is 0 Å². The number of benzene rings is 1. The topological polar surface area (TPSA) is 112 Å². The van der Waals surface area contributed by atoms with Gasteiger partial charge in [-0.25, -0.2) is 39.2 Å². The van der Waals surface area contributed by atoms with Crippen LogP contribution in [0.2, 0.25) is 0 Å². The van der Waals surface area contributed by atoms with Crippen molar-refractivity contribution < 1.29 is 51.0 Å². The molecule has 0 saturated heterocycles. The van der Waals surface area contributed by atoms with Crippen molar-refractivity contribution in [3.63, 3.8) is 0 Å². The Hall–Kier alpha value is -1.05. The van der Waals surface area contributed by atoms with Crippen LogP contribution >= 0.6 is 0 Å². The quantitative estimate of drug-likeness (QED) is 0.0254. The van der Waals surface area contributed by atoms with Gasteiger partial charge in [0.25, 0.3) is 10.1 Å². The molecular weight excluding hydrogens is 856 g/mol. The van der Waals surface area contributed by atoms with Gasteiger partial charge in [0.15, 0.2) is 0 Å². The predicted octanol–water partition coefficient (Wildman–Crippen LogP) is 18.9. The first kappa shape index (κ1) is 77.2. The predicted molar refractivity (Wildman–Crippen MR) is 270 cm³/mol. The number of hydrogen-bond donors (Lipinski definition) is 3. The van der Waals surface area contributed by atoms with Gasteiger partial charge in [0.1, 0.15) is 0 Å². The maximum atomic E-state index is 10.4. The number of allylic oxidation sites excluding steroid dienone is 2. The molecule has 8 heteroatoms. The molecule has 0 unspecified atom stereocenters. The van der Waals surface area contributed by atoms with E-state index in [0.717, 1.165) is 19.3 Å². The van der Waals surface area contributed by atoms with E-state index in [9.17, 15) is 8.42 Å². The molecule has 0 aromatic heterocycles. The average Bonchev–Trinajstić information content (AvgIpc) is 3.23. The normalized spacial score (nSPS) is 9.57. The third kappa shape index (κ3) is 120. The number of hydrogen-bond acceptors (Lipinski definition) is 5. The Labute approximate surface area is 400 Å². The zero-order valence-corrected chi connectivity index (χ0v) is 44.7. The van der Waals surface area contributed by atoms with Gasteiger partial charge in [0, 0.05) is 0 Å². The molecule has 6 nitrogen and oxygen atoms in total. The molecule has 61 heavy (non-hydrogen) atoms. The van der Waals surface area contributed by atoms with Gasteiger partial charge in [-0.15, -0.1) is 0 Å². The standard InChI is InChI=1S/3C12H25.C6H6O3S.C5H11.2C3H5.H2O2.O.Zr/c3*1-3-5-7-9-11-12-10-8-6-4-2;7-10(8,9)6-4-2-1-3-5-6;1-5(2,3)4;2*1-3-2;1-2;;/h3*1,3-12H2,2H3;1-5H,(H,7,8,9);1H2,2-4H3;2*3H,1-2H2;1-2H;;/q3*-1;;3*-1;;;. The van der Waals surface area contributed by atoms with Crippen molar-refractivity contribution in [2.75, 3.05) is 0 Å². The van der Waals surface area contributed by atoms with Crippen molar-refractivity contribution in [2.45, 2.75) is 239 Å². The Bertz CT molecular complexity index is 846. The van der Waals surface area contributed by atoms with Crippen LogP contribution in [0.4, 0.5) is 0 Å². The summed E-state index contributed by atoms with van der Waals surface area (Å²) in [5.74, 6) is 0. The summed E-state index contributed by atoms with van der Waals surface area (Å²) < 4.78 is 37.6. The van der Waals surface area contributed by atoms with E-state index >= 15 is 0 Å². The summed E-state index contributed by atoms with van der Waals surface area (Å²) in [4.78, 5) is -0.0741. The Morgan fingerprint density at radius 1 is 0.508 bits per heavy atom. The summed E-state index contributed by atoms with van der Waals surface area (Å²) >= 11 is 0.300. The van der Waals surface area contributed by atoms with E-state index in [1.165, 1.54) is 198 Å². The first-order valence-electron chi connectivity index (χ1n) is 23.6. The zero-order chi connectivity index (χ0) is 48.7. The van der Waals surface area contributed by atoms with Gasteiger partial charge >= 0.3 is 27.5 Å². The minimum atomic E-state index is -4.00. The fourth-order valence-corrected chi connectivity index (χ4v) is 5.56. The monoisotopic (exact) mass is 959 g/mol. The van der Waals surface area contributed by atoms with Crippen LogP contribution in [-0.4, -0.2) is 23.5 Å². The summed E-state index contributed by atoms with van der Waals surface area (Å²) in [6.07, 6.45) is 44.7. The zero-order valence-electron chi connectivity index (χ0n) is 41.4. The van der Waals surface area contributed by atoms with E-state index in [2.05, 4.69) is 96.2 Å². The van der Waals surface area contributed by atoms with E-state index in [1.54, 1.807) is 18.2 Å². The van der Waals surface area contributed by atoms with E-state index in [-0.39, 0.29) is 10.3 Å². The molecule has 0 aliphatic carbocycles. The molecule has 368 valence electrons. The molecule has 0 fully saturated rings. The second-order valence-corrected chi connectivity index (χ2v) is 17.4. The van der Waals surface area contributed by atoms with Gasteiger partial charge in [-0.1, -0.05) is 233 Å². The van der Waals surface area contributed by atoms with Crippen molar-refractivity contribution in [1.29, 1.82) is 0 Å². The molecule has 0 heterocycles. The van der Waals surface area contributed by atoms with Gasteiger partial charge in [-0.2, -0.15) is 33.1 Å². The summed E-state index contributed by atoms with van der Waals surface area (Å²) in [7, 11) is -4.00. The van der Waals surface area contributed by atoms with Crippen LogP contribution in [0.5, 0.6) is 0 Å². The van der Waals surface area contributed by atoms with E-state index < -0.39 is 10.1 Å². The maximum absolute atomic E-state index is 10.4. The number of unbranched alkanes of at least 4 members (excludes halogenated alkanes) is 27. The first-order valence-corrected chi connectivity index (χ1v) is 26.1. The van der Waals surface area contributed by atoms with Crippen molar-refractivity contribution >= 4 is 10.1 Å². The Kier molecular flexibility index (Phi) is 96.5. The molecule has 0 radical (unpaired) electrons. The second-order valence-electron chi connectivity index (χ2n) is 16.0. The van der Waals surface area contributed by atoms with Crippen molar-refractivity contribution in [3.8, 4) is 0 Å². The molecule has 1 rings (SSSR count). The van der Waals surface area contributed by atoms with Gasteiger partial charge < -0.3 is 27.7 Å². The summed E-state index contributed by atoms with van der Waals surface area (Å²) in [6.45, 7) is 41.3. The molecule has 0 aliphatic rings.